The van der Waals surface area contributed by atoms with E-state index in [4.69, 9.17) is 5.73 Å². The molecule has 6 nitrogen and oxygen atoms in total. The van der Waals surface area contributed by atoms with Crippen LogP contribution >= 0.6 is 0 Å². The van der Waals surface area contributed by atoms with Crippen LogP contribution in [-0.2, 0) is 23.1 Å². The lowest BCUT2D eigenvalue weighted by molar-refractivity contribution is 0.520. The summed E-state index contributed by atoms with van der Waals surface area (Å²) < 4.78 is 29.2. The Morgan fingerprint density at radius 2 is 2.19 bits per heavy atom. The van der Waals surface area contributed by atoms with Gasteiger partial charge in [-0.1, -0.05) is 6.07 Å². The highest BCUT2D eigenvalue weighted by molar-refractivity contribution is 7.89. The van der Waals surface area contributed by atoms with E-state index >= 15 is 0 Å². The van der Waals surface area contributed by atoms with E-state index in [0.29, 0.717) is 13.1 Å². The number of nitrogens with two attached hydrogens (primary N) is 1. The van der Waals surface area contributed by atoms with Gasteiger partial charge in [-0.25, -0.2) is 18.1 Å². The molecule has 2 rings (SSSR count). The second kappa shape index (κ2) is 6.38. The van der Waals surface area contributed by atoms with Crippen molar-refractivity contribution in [1.82, 2.24) is 14.3 Å². The summed E-state index contributed by atoms with van der Waals surface area (Å²) in [5.74, 6) is 0. The first kappa shape index (κ1) is 15.7. The Bertz CT molecular complexity index is 696. The van der Waals surface area contributed by atoms with Crippen LogP contribution in [0.15, 0.2) is 41.8 Å². The SMILES string of the molecule is Cc1ccc(S(=O)(=O)NC(C)Cn2ccnc2)cc1CN. The lowest BCUT2D eigenvalue weighted by Gasteiger charge is -2.15. The Labute approximate surface area is 125 Å². The third-order valence-electron chi connectivity index (χ3n) is 3.25. The fraction of sp³-hybridized carbons (Fsp3) is 0.357. The van der Waals surface area contributed by atoms with Gasteiger partial charge in [0.05, 0.1) is 11.2 Å². The molecule has 1 heterocycles. The number of sulfonamides is 1. The van der Waals surface area contributed by atoms with Gasteiger partial charge in [0.15, 0.2) is 0 Å². The molecule has 1 aromatic heterocycles. The summed E-state index contributed by atoms with van der Waals surface area (Å²) in [6.45, 7) is 4.57. The van der Waals surface area contributed by atoms with Crippen LogP contribution in [0.3, 0.4) is 0 Å². The fourth-order valence-electron chi connectivity index (χ4n) is 2.12. The predicted molar refractivity (Wildman–Crippen MR) is 81.1 cm³/mol. The number of nitrogens with one attached hydrogen (secondary N) is 1. The first-order chi connectivity index (χ1) is 9.92. The minimum absolute atomic E-state index is 0.242. The van der Waals surface area contributed by atoms with E-state index in [9.17, 15) is 8.42 Å². The summed E-state index contributed by atoms with van der Waals surface area (Å²) in [6, 6.07) is 4.76. The van der Waals surface area contributed by atoms with E-state index in [1.165, 1.54) is 0 Å². The first-order valence-corrected chi connectivity index (χ1v) is 8.18. The van der Waals surface area contributed by atoms with Crippen LogP contribution in [0.5, 0.6) is 0 Å². The van der Waals surface area contributed by atoms with E-state index < -0.39 is 10.0 Å². The van der Waals surface area contributed by atoms with Gasteiger partial charge in [0.2, 0.25) is 10.0 Å². The van der Waals surface area contributed by atoms with Gasteiger partial charge in [0, 0.05) is 31.5 Å². The molecule has 0 saturated carbocycles. The quantitative estimate of drug-likeness (QED) is 0.833. The summed E-state index contributed by atoms with van der Waals surface area (Å²) in [7, 11) is -3.55. The van der Waals surface area contributed by atoms with Crippen LogP contribution in [-0.4, -0.2) is 24.0 Å². The van der Waals surface area contributed by atoms with Crippen LogP contribution in [0, 0.1) is 6.92 Å². The van der Waals surface area contributed by atoms with Crippen molar-refractivity contribution in [3.05, 3.63) is 48.0 Å². The fourth-order valence-corrected chi connectivity index (χ4v) is 3.40. The van der Waals surface area contributed by atoms with E-state index in [1.54, 1.807) is 36.9 Å². The van der Waals surface area contributed by atoms with Crippen molar-refractivity contribution in [3.63, 3.8) is 0 Å². The number of hydrogen-bond acceptors (Lipinski definition) is 4. The van der Waals surface area contributed by atoms with Crippen LogP contribution in [0.4, 0.5) is 0 Å². The Morgan fingerprint density at radius 3 is 2.81 bits per heavy atom. The zero-order valence-electron chi connectivity index (χ0n) is 12.2. The first-order valence-electron chi connectivity index (χ1n) is 6.70. The van der Waals surface area contributed by atoms with Crippen molar-refractivity contribution in [2.24, 2.45) is 5.73 Å². The molecule has 0 fully saturated rings. The van der Waals surface area contributed by atoms with Crippen LogP contribution < -0.4 is 10.5 Å². The number of aryl methyl sites for hydroxylation is 1. The molecule has 1 unspecified atom stereocenters. The second-order valence-corrected chi connectivity index (χ2v) is 6.79. The summed E-state index contributed by atoms with van der Waals surface area (Å²) >= 11 is 0. The van der Waals surface area contributed by atoms with Gasteiger partial charge < -0.3 is 10.3 Å². The van der Waals surface area contributed by atoms with Crippen molar-refractivity contribution in [2.45, 2.75) is 37.9 Å². The summed E-state index contributed by atoms with van der Waals surface area (Å²) in [6.07, 6.45) is 5.11. The van der Waals surface area contributed by atoms with E-state index in [1.807, 2.05) is 18.4 Å². The Hall–Kier alpha value is -1.70. The zero-order chi connectivity index (χ0) is 15.5. The zero-order valence-corrected chi connectivity index (χ0v) is 13.0. The van der Waals surface area contributed by atoms with E-state index in [0.717, 1.165) is 11.1 Å². The predicted octanol–water partition coefficient (Wildman–Crippen LogP) is 1.02. The minimum atomic E-state index is -3.55. The molecule has 2 aromatic rings. The molecule has 1 atom stereocenters. The second-order valence-electron chi connectivity index (χ2n) is 5.07. The molecule has 0 bridgehead atoms. The molecular weight excluding hydrogens is 288 g/mol. The molecule has 0 saturated heterocycles. The lowest BCUT2D eigenvalue weighted by Crippen LogP contribution is -2.35. The van der Waals surface area contributed by atoms with Crippen molar-refractivity contribution < 1.29 is 8.42 Å². The maximum Gasteiger partial charge on any atom is 0.240 e. The van der Waals surface area contributed by atoms with Gasteiger partial charge in [-0.15, -0.1) is 0 Å². The highest BCUT2D eigenvalue weighted by atomic mass is 32.2. The van der Waals surface area contributed by atoms with Gasteiger partial charge >= 0.3 is 0 Å². The maximum atomic E-state index is 12.4. The molecule has 0 aliphatic rings. The van der Waals surface area contributed by atoms with Gasteiger partial charge in [-0.3, -0.25) is 0 Å². The normalized spacial score (nSPS) is 13.3. The molecule has 0 spiro atoms. The number of hydrogen-bond donors (Lipinski definition) is 2. The number of imidazole rings is 1. The molecular formula is C14H20N4O2S. The molecule has 21 heavy (non-hydrogen) atoms. The molecule has 1 aromatic carbocycles. The van der Waals surface area contributed by atoms with E-state index in [2.05, 4.69) is 9.71 Å². The van der Waals surface area contributed by atoms with Crippen molar-refractivity contribution >= 4 is 10.0 Å². The molecule has 114 valence electrons. The highest BCUT2D eigenvalue weighted by Gasteiger charge is 2.18. The summed E-state index contributed by atoms with van der Waals surface area (Å²) in [4.78, 5) is 4.18. The van der Waals surface area contributed by atoms with Crippen LogP contribution in [0.1, 0.15) is 18.1 Å². The summed E-state index contributed by atoms with van der Waals surface area (Å²) in [5.41, 5.74) is 7.45. The molecule has 0 amide bonds. The minimum Gasteiger partial charge on any atom is -0.336 e. The van der Waals surface area contributed by atoms with Gasteiger partial charge in [0.25, 0.3) is 0 Å². The van der Waals surface area contributed by atoms with Crippen LogP contribution in [0.25, 0.3) is 0 Å². The average Bonchev–Trinajstić information content (AvgIpc) is 2.91. The molecule has 7 heteroatoms. The third kappa shape index (κ3) is 3.90. The number of nitrogens with zero attached hydrogens (tertiary/aromatic N) is 2. The third-order valence-corrected chi connectivity index (χ3v) is 4.84. The number of aromatic nitrogens is 2. The number of benzene rings is 1. The molecule has 0 aliphatic carbocycles. The van der Waals surface area contributed by atoms with Crippen LogP contribution in [0.2, 0.25) is 0 Å². The Kier molecular flexibility index (Phi) is 4.76. The largest absolute Gasteiger partial charge is 0.336 e. The van der Waals surface area contributed by atoms with Gasteiger partial charge in [-0.05, 0) is 37.1 Å². The Balaban J connectivity index is 2.14. The highest BCUT2D eigenvalue weighted by Crippen LogP contribution is 2.15. The standard InChI is InChI=1S/C14H20N4O2S/c1-11-3-4-14(7-13(11)8-15)21(19,20)17-12(2)9-18-6-5-16-10-18/h3-7,10,12,17H,8-9,15H2,1-2H3. The lowest BCUT2D eigenvalue weighted by atomic mass is 10.1. The monoisotopic (exact) mass is 308 g/mol. The van der Waals surface area contributed by atoms with E-state index in [-0.39, 0.29) is 10.9 Å². The van der Waals surface area contributed by atoms with Gasteiger partial charge in [0.1, 0.15) is 0 Å². The molecule has 3 N–H and O–H groups in total. The Morgan fingerprint density at radius 1 is 1.43 bits per heavy atom. The molecule has 0 aliphatic heterocycles. The van der Waals surface area contributed by atoms with Crippen molar-refractivity contribution in [2.75, 3.05) is 0 Å². The molecule has 0 radical (unpaired) electrons. The van der Waals surface area contributed by atoms with Crippen molar-refractivity contribution in [3.8, 4) is 0 Å². The van der Waals surface area contributed by atoms with Gasteiger partial charge in [-0.2, -0.15) is 0 Å². The summed E-state index contributed by atoms with van der Waals surface area (Å²) in [5, 5.41) is 0. The maximum absolute atomic E-state index is 12.4. The smallest absolute Gasteiger partial charge is 0.240 e. The number of rotatable bonds is 6. The van der Waals surface area contributed by atoms with Crippen molar-refractivity contribution in [1.29, 1.82) is 0 Å². The topological polar surface area (TPSA) is 90.0 Å². The average molecular weight is 308 g/mol.